The maximum atomic E-state index is 14.0. The Kier molecular flexibility index (Phi) is 13.0. The van der Waals surface area contributed by atoms with E-state index >= 15 is 0 Å². The topological polar surface area (TPSA) is 81.7 Å². The van der Waals surface area contributed by atoms with E-state index in [1.807, 2.05) is 64.1 Å². The van der Waals surface area contributed by atoms with Crippen molar-refractivity contribution >= 4 is 17.9 Å². The second kappa shape index (κ2) is 16.7. The predicted octanol–water partition coefficient (Wildman–Crippen LogP) is 6.06. The first-order valence-electron chi connectivity index (χ1n) is 14.9. The molecule has 8 heteroatoms. The minimum absolute atomic E-state index is 0.00156. The highest BCUT2D eigenvalue weighted by atomic mass is 19.1. The predicted molar refractivity (Wildman–Crippen MR) is 168 cm³/mol. The lowest BCUT2D eigenvalue weighted by Gasteiger charge is -2.25. The lowest BCUT2D eigenvalue weighted by Crippen LogP contribution is -2.48. The zero-order valence-electron chi connectivity index (χ0n) is 25.5. The summed E-state index contributed by atoms with van der Waals surface area (Å²) in [7, 11) is 0. The van der Waals surface area contributed by atoms with Crippen molar-refractivity contribution < 1.29 is 23.5 Å². The summed E-state index contributed by atoms with van der Waals surface area (Å²) in [4.78, 5) is 28.5. The fourth-order valence-electron chi connectivity index (χ4n) is 5.10. The van der Waals surface area contributed by atoms with Gasteiger partial charge in [-0.2, -0.15) is 0 Å². The van der Waals surface area contributed by atoms with Crippen LogP contribution in [0.5, 0.6) is 0 Å². The second-order valence-corrected chi connectivity index (χ2v) is 10.9. The first kappa shape index (κ1) is 33.6. The zero-order valence-corrected chi connectivity index (χ0v) is 25.5. The van der Waals surface area contributed by atoms with Gasteiger partial charge in [0.15, 0.2) is 0 Å². The number of amides is 2. The van der Waals surface area contributed by atoms with Crippen molar-refractivity contribution in [3.63, 3.8) is 0 Å². The van der Waals surface area contributed by atoms with Gasteiger partial charge in [0.2, 0.25) is 0 Å². The van der Waals surface area contributed by atoms with Crippen LogP contribution in [-0.2, 0) is 13.0 Å². The molecule has 6 nitrogen and oxygen atoms in total. The van der Waals surface area contributed by atoms with Crippen LogP contribution in [-0.4, -0.2) is 53.6 Å². The van der Waals surface area contributed by atoms with Crippen molar-refractivity contribution in [3.05, 3.63) is 112 Å². The van der Waals surface area contributed by atoms with Crippen LogP contribution in [0.2, 0.25) is 0 Å². The molecule has 0 aliphatic carbocycles. The van der Waals surface area contributed by atoms with Crippen molar-refractivity contribution in [2.45, 2.75) is 65.6 Å². The van der Waals surface area contributed by atoms with Crippen LogP contribution in [0.3, 0.4) is 0 Å². The molecule has 230 valence electrons. The molecule has 0 aromatic heterocycles. The van der Waals surface area contributed by atoms with E-state index < -0.39 is 29.7 Å². The first-order chi connectivity index (χ1) is 20.6. The number of carbonyl (C=O) groups is 2. The molecule has 2 amide bonds. The summed E-state index contributed by atoms with van der Waals surface area (Å²) in [5, 5.41) is 17.3. The van der Waals surface area contributed by atoms with E-state index in [2.05, 4.69) is 10.6 Å². The standard InChI is InChI=1S/C35H43F2N3O3/c1-5-9-25-10-8-11-26(16-25)22-38-23-33(41)32(19-27-17-30(36)21-31(37)18-27)39-34(42)28-14-24(4)15-29(20-28)35(43)40(12-6-2)13-7-3/h5,8-11,14-18,20-21,32-33,38,41H,6-7,12-13,19,22-23H2,1-4H3,(H,39,42)/b9-5-. The molecule has 0 aliphatic rings. The average molecular weight is 592 g/mol. The van der Waals surface area contributed by atoms with Crippen molar-refractivity contribution in [1.82, 2.24) is 15.5 Å². The largest absolute Gasteiger partial charge is 0.390 e. The highest BCUT2D eigenvalue weighted by Gasteiger charge is 2.24. The minimum atomic E-state index is -1.08. The number of nitrogens with zero attached hydrogens (tertiary/aromatic N) is 1. The molecule has 2 atom stereocenters. The monoisotopic (exact) mass is 591 g/mol. The van der Waals surface area contributed by atoms with Gasteiger partial charge in [-0.25, -0.2) is 8.78 Å². The van der Waals surface area contributed by atoms with Gasteiger partial charge in [-0.3, -0.25) is 9.59 Å². The van der Waals surface area contributed by atoms with E-state index in [4.69, 9.17) is 0 Å². The Morgan fingerprint density at radius 2 is 1.60 bits per heavy atom. The SMILES string of the molecule is C/C=C\c1cccc(CNCC(O)C(Cc2cc(F)cc(F)c2)NC(=O)c2cc(C)cc(C(=O)N(CCC)CCC)c2)c1. The smallest absolute Gasteiger partial charge is 0.253 e. The molecule has 0 saturated heterocycles. The van der Waals surface area contributed by atoms with Crippen LogP contribution in [0.25, 0.3) is 6.08 Å². The molecule has 3 aromatic rings. The molecule has 0 bridgehead atoms. The Bertz CT molecular complexity index is 1380. The highest BCUT2D eigenvalue weighted by molar-refractivity contribution is 6.00. The van der Waals surface area contributed by atoms with Crippen LogP contribution in [0, 0.1) is 18.6 Å². The normalized spacial score (nSPS) is 12.7. The number of nitrogens with one attached hydrogen (secondary N) is 2. The van der Waals surface area contributed by atoms with Gasteiger partial charge in [0.25, 0.3) is 11.8 Å². The summed E-state index contributed by atoms with van der Waals surface area (Å²) in [5.41, 5.74) is 3.81. The summed E-state index contributed by atoms with van der Waals surface area (Å²) in [5.74, 6) is -2.11. The number of aliphatic hydroxyl groups excluding tert-OH is 1. The summed E-state index contributed by atoms with van der Waals surface area (Å²) < 4.78 is 28.0. The average Bonchev–Trinajstić information content (AvgIpc) is 2.96. The Labute approximate surface area is 253 Å². The lowest BCUT2D eigenvalue weighted by atomic mass is 9.99. The number of rotatable bonds is 15. The number of halogens is 2. The highest BCUT2D eigenvalue weighted by Crippen LogP contribution is 2.16. The molecule has 2 unspecified atom stereocenters. The van der Waals surface area contributed by atoms with Crippen molar-refractivity contribution in [3.8, 4) is 0 Å². The quantitative estimate of drug-likeness (QED) is 0.201. The van der Waals surface area contributed by atoms with Crippen LogP contribution in [0.4, 0.5) is 8.78 Å². The minimum Gasteiger partial charge on any atom is -0.390 e. The van der Waals surface area contributed by atoms with E-state index in [0.717, 1.165) is 35.6 Å². The van der Waals surface area contributed by atoms with Crippen molar-refractivity contribution in [2.75, 3.05) is 19.6 Å². The second-order valence-electron chi connectivity index (χ2n) is 10.9. The molecule has 0 heterocycles. The fraction of sp³-hybridized carbons (Fsp3) is 0.371. The Morgan fingerprint density at radius 1 is 0.930 bits per heavy atom. The molecule has 3 rings (SSSR count). The van der Waals surface area contributed by atoms with Gasteiger partial charge in [0.05, 0.1) is 12.1 Å². The third-order valence-electron chi connectivity index (χ3n) is 7.01. The Hall–Kier alpha value is -3.88. The maximum absolute atomic E-state index is 14.0. The van der Waals surface area contributed by atoms with Gasteiger partial charge in [0, 0.05) is 43.4 Å². The molecule has 0 fully saturated rings. The van der Waals surface area contributed by atoms with Crippen LogP contribution < -0.4 is 10.6 Å². The third-order valence-corrected chi connectivity index (χ3v) is 7.01. The number of aryl methyl sites for hydroxylation is 1. The van der Waals surface area contributed by atoms with Gasteiger partial charge < -0.3 is 20.6 Å². The van der Waals surface area contributed by atoms with Gasteiger partial charge in [-0.1, -0.05) is 50.3 Å². The zero-order chi connectivity index (χ0) is 31.4. The van der Waals surface area contributed by atoms with Gasteiger partial charge in [0.1, 0.15) is 11.6 Å². The summed E-state index contributed by atoms with van der Waals surface area (Å²) >= 11 is 0. The molecule has 3 aromatic carbocycles. The van der Waals surface area contributed by atoms with Gasteiger partial charge in [-0.05, 0) is 85.7 Å². The maximum Gasteiger partial charge on any atom is 0.253 e. The van der Waals surface area contributed by atoms with E-state index in [1.165, 1.54) is 12.1 Å². The number of hydrogen-bond acceptors (Lipinski definition) is 4. The lowest BCUT2D eigenvalue weighted by molar-refractivity contribution is 0.0755. The number of hydrogen-bond donors (Lipinski definition) is 3. The van der Waals surface area contributed by atoms with E-state index in [0.29, 0.717) is 30.8 Å². The van der Waals surface area contributed by atoms with Crippen LogP contribution >= 0.6 is 0 Å². The molecule has 0 aliphatic heterocycles. The molecular weight excluding hydrogens is 548 g/mol. The summed E-state index contributed by atoms with van der Waals surface area (Å²) in [6, 6.07) is 15.2. The number of carbonyl (C=O) groups excluding carboxylic acids is 2. The molecule has 3 N–H and O–H groups in total. The Morgan fingerprint density at radius 3 is 2.26 bits per heavy atom. The summed E-state index contributed by atoms with van der Waals surface area (Å²) in [6.45, 7) is 9.62. The van der Waals surface area contributed by atoms with Crippen molar-refractivity contribution in [2.24, 2.45) is 0 Å². The van der Waals surface area contributed by atoms with Crippen LogP contribution in [0.15, 0.2) is 66.7 Å². The summed E-state index contributed by atoms with van der Waals surface area (Å²) in [6.07, 6.45) is 4.51. The molecule has 0 spiro atoms. The van der Waals surface area contributed by atoms with Gasteiger partial charge >= 0.3 is 0 Å². The fourth-order valence-corrected chi connectivity index (χ4v) is 5.10. The third kappa shape index (κ3) is 10.4. The Balaban J connectivity index is 1.80. The van der Waals surface area contributed by atoms with Crippen molar-refractivity contribution in [1.29, 1.82) is 0 Å². The molecule has 0 saturated carbocycles. The first-order valence-corrected chi connectivity index (χ1v) is 14.9. The van der Waals surface area contributed by atoms with E-state index in [-0.39, 0.29) is 24.4 Å². The number of aliphatic hydroxyl groups is 1. The molecular formula is C35H43F2N3O3. The number of benzene rings is 3. The van der Waals surface area contributed by atoms with E-state index in [1.54, 1.807) is 23.1 Å². The van der Waals surface area contributed by atoms with E-state index in [9.17, 15) is 23.5 Å². The van der Waals surface area contributed by atoms with Gasteiger partial charge in [-0.15, -0.1) is 0 Å². The molecule has 0 radical (unpaired) electrons. The molecule has 43 heavy (non-hydrogen) atoms. The number of allylic oxidation sites excluding steroid dienone is 1. The van der Waals surface area contributed by atoms with Crippen LogP contribution in [0.1, 0.15) is 76.6 Å².